The van der Waals surface area contributed by atoms with Crippen LogP contribution in [0.2, 0.25) is 0 Å². The molecule has 1 aromatic carbocycles. The van der Waals surface area contributed by atoms with Crippen molar-refractivity contribution < 1.29 is 9.53 Å². The first kappa shape index (κ1) is 18.9. The van der Waals surface area contributed by atoms with Crippen LogP contribution >= 0.6 is 11.8 Å². The minimum atomic E-state index is -0.122. The van der Waals surface area contributed by atoms with Gasteiger partial charge in [0.05, 0.1) is 18.0 Å². The zero-order chi connectivity index (χ0) is 19.1. The Morgan fingerprint density at radius 2 is 1.93 bits per heavy atom. The number of rotatable bonds is 8. The number of nitrogens with one attached hydrogen (secondary N) is 1. The van der Waals surface area contributed by atoms with E-state index in [2.05, 4.69) is 20.5 Å². The summed E-state index contributed by atoms with van der Waals surface area (Å²) in [4.78, 5) is 16.4. The van der Waals surface area contributed by atoms with Gasteiger partial charge in [0.25, 0.3) is 0 Å². The predicted octanol–water partition coefficient (Wildman–Crippen LogP) is 3.49. The lowest BCUT2D eigenvalue weighted by atomic mass is 10.2. The second-order valence-corrected chi connectivity index (χ2v) is 6.49. The molecule has 7 nitrogen and oxygen atoms in total. The van der Waals surface area contributed by atoms with Crippen LogP contribution in [-0.2, 0) is 11.3 Å². The van der Waals surface area contributed by atoms with E-state index in [1.54, 1.807) is 12.4 Å². The molecule has 1 amide bonds. The Kier molecular flexibility index (Phi) is 6.43. The second-order valence-electron chi connectivity index (χ2n) is 5.55. The number of aromatic nitrogens is 4. The summed E-state index contributed by atoms with van der Waals surface area (Å²) in [5.41, 5.74) is 1.61. The highest BCUT2D eigenvalue weighted by Crippen LogP contribution is 2.26. The average molecular weight is 383 g/mol. The summed E-state index contributed by atoms with van der Waals surface area (Å²) in [6, 6.07) is 11.2. The van der Waals surface area contributed by atoms with Crippen LogP contribution in [0.1, 0.15) is 13.8 Å². The number of nitrogens with zero attached hydrogens (tertiary/aromatic N) is 4. The first-order chi connectivity index (χ1) is 13.2. The predicted molar refractivity (Wildman–Crippen MR) is 106 cm³/mol. The molecule has 0 bridgehead atoms. The Hall–Kier alpha value is -2.87. The number of benzene rings is 1. The van der Waals surface area contributed by atoms with Gasteiger partial charge in [0.2, 0.25) is 5.91 Å². The molecule has 2 heterocycles. The van der Waals surface area contributed by atoms with E-state index < -0.39 is 0 Å². The molecule has 0 spiro atoms. The van der Waals surface area contributed by atoms with Crippen LogP contribution in [0.4, 0.5) is 5.69 Å². The third-order valence-electron chi connectivity index (χ3n) is 3.76. The minimum Gasteiger partial charge on any atom is -0.492 e. The number of ether oxygens (including phenoxy) is 1. The van der Waals surface area contributed by atoms with Gasteiger partial charge in [-0.3, -0.25) is 9.78 Å². The van der Waals surface area contributed by atoms with Crippen molar-refractivity contribution in [3.05, 3.63) is 48.8 Å². The maximum absolute atomic E-state index is 12.4. The lowest BCUT2D eigenvalue weighted by molar-refractivity contribution is -0.113. The minimum absolute atomic E-state index is 0.122. The smallest absolute Gasteiger partial charge is 0.234 e. The SMILES string of the molecule is CCOc1ccccc1NC(=O)CSc1nnc(-c2ccncc2)n1CC. The van der Waals surface area contributed by atoms with Gasteiger partial charge in [0.15, 0.2) is 11.0 Å². The maximum Gasteiger partial charge on any atom is 0.234 e. The summed E-state index contributed by atoms with van der Waals surface area (Å²) in [5.74, 6) is 1.54. The van der Waals surface area contributed by atoms with Gasteiger partial charge in [-0.1, -0.05) is 23.9 Å². The number of carbonyl (C=O) groups is 1. The highest BCUT2D eigenvalue weighted by atomic mass is 32.2. The molecule has 0 saturated heterocycles. The van der Waals surface area contributed by atoms with Crippen molar-refractivity contribution >= 4 is 23.4 Å². The van der Waals surface area contributed by atoms with Crippen molar-refractivity contribution in [2.75, 3.05) is 17.7 Å². The fourth-order valence-electron chi connectivity index (χ4n) is 2.56. The summed E-state index contributed by atoms with van der Waals surface area (Å²) in [5, 5.41) is 12.1. The molecule has 0 aliphatic carbocycles. The first-order valence-corrected chi connectivity index (χ1v) is 9.69. The van der Waals surface area contributed by atoms with Crippen LogP contribution in [0.15, 0.2) is 53.9 Å². The van der Waals surface area contributed by atoms with E-state index in [9.17, 15) is 4.79 Å². The Morgan fingerprint density at radius 3 is 2.67 bits per heavy atom. The number of pyridine rings is 1. The van der Waals surface area contributed by atoms with Crippen molar-refractivity contribution in [1.29, 1.82) is 0 Å². The summed E-state index contributed by atoms with van der Waals surface area (Å²) in [6.07, 6.45) is 3.44. The van der Waals surface area contributed by atoms with Crippen molar-refractivity contribution in [3.63, 3.8) is 0 Å². The van der Waals surface area contributed by atoms with E-state index >= 15 is 0 Å². The molecule has 0 aliphatic rings. The summed E-state index contributed by atoms with van der Waals surface area (Å²) >= 11 is 1.35. The van der Waals surface area contributed by atoms with Gasteiger partial charge in [-0.05, 0) is 38.1 Å². The quantitative estimate of drug-likeness (QED) is 0.600. The molecular weight excluding hydrogens is 362 g/mol. The van der Waals surface area contributed by atoms with Gasteiger partial charge in [-0.15, -0.1) is 10.2 Å². The molecule has 0 unspecified atom stereocenters. The standard InChI is InChI=1S/C19H21N5O2S/c1-3-24-18(14-9-11-20-12-10-14)22-23-19(24)27-13-17(25)21-15-7-5-6-8-16(15)26-4-2/h5-12H,3-4,13H2,1-2H3,(H,21,25). The Balaban J connectivity index is 1.67. The number of thioether (sulfide) groups is 1. The van der Waals surface area contributed by atoms with E-state index in [-0.39, 0.29) is 11.7 Å². The topological polar surface area (TPSA) is 81.9 Å². The molecule has 0 radical (unpaired) electrons. The van der Waals surface area contributed by atoms with Gasteiger partial charge in [0, 0.05) is 24.5 Å². The second kappa shape index (κ2) is 9.18. The third-order valence-corrected chi connectivity index (χ3v) is 4.73. The summed E-state index contributed by atoms with van der Waals surface area (Å²) in [7, 11) is 0. The van der Waals surface area contributed by atoms with Crippen LogP contribution in [-0.4, -0.2) is 38.0 Å². The molecule has 0 saturated carbocycles. The Bertz CT molecular complexity index is 898. The van der Waals surface area contributed by atoms with Crippen LogP contribution < -0.4 is 10.1 Å². The summed E-state index contributed by atoms with van der Waals surface area (Å²) in [6.45, 7) is 5.18. The molecule has 8 heteroatoms. The molecule has 3 rings (SSSR count). The highest BCUT2D eigenvalue weighted by Gasteiger charge is 2.15. The van der Waals surface area contributed by atoms with Gasteiger partial charge >= 0.3 is 0 Å². The van der Waals surface area contributed by atoms with Gasteiger partial charge < -0.3 is 14.6 Å². The largest absolute Gasteiger partial charge is 0.492 e. The third kappa shape index (κ3) is 4.65. The van der Waals surface area contributed by atoms with E-state index in [0.717, 1.165) is 11.4 Å². The molecular formula is C19H21N5O2S. The van der Waals surface area contributed by atoms with Crippen LogP contribution in [0.5, 0.6) is 5.75 Å². The molecule has 140 valence electrons. The fourth-order valence-corrected chi connectivity index (χ4v) is 3.37. The van der Waals surface area contributed by atoms with Gasteiger partial charge in [-0.2, -0.15) is 0 Å². The van der Waals surface area contributed by atoms with Crippen molar-refractivity contribution in [1.82, 2.24) is 19.7 Å². The molecule has 2 aromatic heterocycles. The van der Waals surface area contributed by atoms with E-state index in [1.807, 2.05) is 54.8 Å². The van der Waals surface area contributed by atoms with Gasteiger partial charge in [0.1, 0.15) is 5.75 Å². The average Bonchev–Trinajstić information content (AvgIpc) is 3.12. The number of hydrogen-bond acceptors (Lipinski definition) is 6. The van der Waals surface area contributed by atoms with Crippen molar-refractivity contribution in [2.45, 2.75) is 25.5 Å². The highest BCUT2D eigenvalue weighted by molar-refractivity contribution is 7.99. The Morgan fingerprint density at radius 1 is 1.15 bits per heavy atom. The molecule has 1 N–H and O–H groups in total. The van der Waals surface area contributed by atoms with E-state index in [1.165, 1.54) is 11.8 Å². The van der Waals surface area contributed by atoms with Gasteiger partial charge in [-0.25, -0.2) is 0 Å². The molecule has 0 aliphatic heterocycles. The van der Waals surface area contributed by atoms with E-state index in [4.69, 9.17) is 4.74 Å². The first-order valence-electron chi connectivity index (χ1n) is 8.71. The lowest BCUT2D eigenvalue weighted by Crippen LogP contribution is -2.15. The monoisotopic (exact) mass is 383 g/mol. The van der Waals surface area contributed by atoms with Crippen LogP contribution in [0.3, 0.4) is 0 Å². The zero-order valence-corrected chi connectivity index (χ0v) is 16.1. The van der Waals surface area contributed by atoms with Crippen LogP contribution in [0.25, 0.3) is 11.4 Å². The lowest BCUT2D eigenvalue weighted by Gasteiger charge is -2.11. The van der Waals surface area contributed by atoms with Crippen molar-refractivity contribution in [3.8, 4) is 17.1 Å². The fraction of sp³-hybridized carbons (Fsp3) is 0.263. The maximum atomic E-state index is 12.4. The zero-order valence-electron chi connectivity index (χ0n) is 15.3. The molecule has 3 aromatic rings. The molecule has 27 heavy (non-hydrogen) atoms. The molecule has 0 fully saturated rings. The number of carbonyl (C=O) groups excluding carboxylic acids is 1. The van der Waals surface area contributed by atoms with Crippen LogP contribution in [0, 0.1) is 0 Å². The van der Waals surface area contributed by atoms with Crippen molar-refractivity contribution in [2.24, 2.45) is 0 Å². The van der Waals surface area contributed by atoms with E-state index in [0.29, 0.717) is 29.7 Å². The molecule has 0 atom stereocenters. The number of para-hydroxylation sites is 2. The number of amides is 1. The summed E-state index contributed by atoms with van der Waals surface area (Å²) < 4.78 is 7.52. The Labute approximate surface area is 162 Å². The normalized spacial score (nSPS) is 10.6. The number of anilines is 1. The number of hydrogen-bond donors (Lipinski definition) is 1.